The van der Waals surface area contributed by atoms with Crippen molar-refractivity contribution in [3.8, 4) is 5.75 Å². The quantitative estimate of drug-likeness (QED) is 0.871. The number of ether oxygens (including phenoxy) is 2. The molecule has 2 heterocycles. The summed E-state index contributed by atoms with van der Waals surface area (Å²) in [4.78, 5) is 13.9. The molecule has 6 heteroatoms. The number of carbonyl (C=O) groups is 1. The van der Waals surface area contributed by atoms with Crippen LogP contribution in [0.5, 0.6) is 5.75 Å². The van der Waals surface area contributed by atoms with Crippen LogP contribution in [0.1, 0.15) is 16.3 Å². The molecule has 5 nitrogen and oxygen atoms in total. The molecule has 1 saturated heterocycles. The summed E-state index contributed by atoms with van der Waals surface area (Å²) in [5.41, 5.74) is 0. The van der Waals surface area contributed by atoms with Crippen molar-refractivity contribution < 1.29 is 23.1 Å². The molecular weight excluding hydrogens is 289 g/mol. The van der Waals surface area contributed by atoms with Gasteiger partial charge in [-0.25, -0.2) is 4.39 Å². The molecular formula is C16H16FNO4. The van der Waals surface area contributed by atoms with E-state index in [1.54, 1.807) is 17.0 Å². The van der Waals surface area contributed by atoms with E-state index in [4.69, 9.17) is 13.9 Å². The summed E-state index contributed by atoms with van der Waals surface area (Å²) in [6.07, 6.45) is 0. The molecule has 1 amide bonds. The second-order valence-corrected chi connectivity index (χ2v) is 4.91. The van der Waals surface area contributed by atoms with E-state index in [1.165, 1.54) is 24.3 Å². The molecule has 3 rings (SSSR count). The number of hydrogen-bond acceptors (Lipinski definition) is 4. The van der Waals surface area contributed by atoms with E-state index in [-0.39, 0.29) is 18.3 Å². The molecule has 116 valence electrons. The van der Waals surface area contributed by atoms with Gasteiger partial charge in [0.2, 0.25) is 0 Å². The summed E-state index contributed by atoms with van der Waals surface area (Å²) in [6.45, 7) is 2.42. The predicted octanol–water partition coefficient (Wildman–Crippen LogP) is 2.47. The highest BCUT2D eigenvalue weighted by Crippen LogP contribution is 2.16. The number of hydrogen-bond donors (Lipinski definition) is 0. The van der Waals surface area contributed by atoms with E-state index in [0.29, 0.717) is 43.6 Å². The Bertz CT molecular complexity index is 632. The Labute approximate surface area is 127 Å². The van der Waals surface area contributed by atoms with Crippen molar-refractivity contribution in [3.63, 3.8) is 0 Å². The third kappa shape index (κ3) is 3.46. The summed E-state index contributed by atoms with van der Waals surface area (Å²) < 4.78 is 29.0. The zero-order valence-corrected chi connectivity index (χ0v) is 12.0. The molecule has 1 aliphatic rings. The monoisotopic (exact) mass is 305 g/mol. The fourth-order valence-electron chi connectivity index (χ4n) is 2.18. The normalized spacial score (nSPS) is 14.9. The van der Waals surface area contributed by atoms with E-state index < -0.39 is 0 Å². The van der Waals surface area contributed by atoms with Crippen molar-refractivity contribution in [3.05, 3.63) is 53.7 Å². The summed E-state index contributed by atoms with van der Waals surface area (Å²) >= 11 is 0. The molecule has 0 radical (unpaired) electrons. The maximum absolute atomic E-state index is 12.8. The lowest BCUT2D eigenvalue weighted by Gasteiger charge is -2.25. The maximum atomic E-state index is 12.8. The van der Waals surface area contributed by atoms with Crippen molar-refractivity contribution in [2.45, 2.75) is 6.61 Å². The SMILES string of the molecule is O=C(c1ccc(COc2ccc(F)cc2)o1)N1CCOCC1. The van der Waals surface area contributed by atoms with Crippen LogP contribution in [0.3, 0.4) is 0 Å². The lowest BCUT2D eigenvalue weighted by molar-refractivity contribution is 0.0281. The Balaban J connectivity index is 1.58. The number of benzene rings is 1. The van der Waals surface area contributed by atoms with Crippen molar-refractivity contribution >= 4 is 5.91 Å². The Morgan fingerprint density at radius 1 is 1.14 bits per heavy atom. The molecule has 1 aliphatic heterocycles. The fourth-order valence-corrected chi connectivity index (χ4v) is 2.18. The molecule has 0 unspecified atom stereocenters. The summed E-state index contributed by atoms with van der Waals surface area (Å²) in [6, 6.07) is 9.07. The number of carbonyl (C=O) groups excluding carboxylic acids is 1. The standard InChI is InChI=1S/C16H16FNO4/c17-12-1-3-13(4-2-12)21-11-14-5-6-15(22-14)16(19)18-7-9-20-10-8-18/h1-6H,7-11H2. The molecule has 1 fully saturated rings. The van der Waals surface area contributed by atoms with Gasteiger partial charge >= 0.3 is 0 Å². The second kappa shape index (κ2) is 6.62. The molecule has 0 bridgehead atoms. The number of rotatable bonds is 4. The highest BCUT2D eigenvalue weighted by molar-refractivity contribution is 5.91. The van der Waals surface area contributed by atoms with Crippen molar-refractivity contribution in [2.24, 2.45) is 0 Å². The summed E-state index contributed by atoms with van der Waals surface area (Å²) in [5.74, 6) is 0.916. The highest BCUT2D eigenvalue weighted by Gasteiger charge is 2.21. The van der Waals surface area contributed by atoms with E-state index >= 15 is 0 Å². The van der Waals surface area contributed by atoms with Gasteiger partial charge in [0.25, 0.3) is 5.91 Å². The molecule has 0 spiro atoms. The van der Waals surface area contributed by atoms with Gasteiger partial charge in [-0.15, -0.1) is 0 Å². The van der Waals surface area contributed by atoms with Crippen LogP contribution in [0.2, 0.25) is 0 Å². The van der Waals surface area contributed by atoms with Crippen LogP contribution in [0, 0.1) is 5.82 Å². The zero-order chi connectivity index (χ0) is 15.4. The third-order valence-electron chi connectivity index (χ3n) is 3.37. The van der Waals surface area contributed by atoms with Gasteiger partial charge in [-0.1, -0.05) is 0 Å². The minimum atomic E-state index is -0.316. The molecule has 0 aliphatic carbocycles. The van der Waals surface area contributed by atoms with E-state index in [0.717, 1.165) is 0 Å². The van der Waals surface area contributed by atoms with Gasteiger partial charge in [-0.05, 0) is 36.4 Å². The Morgan fingerprint density at radius 2 is 1.86 bits per heavy atom. The Hall–Kier alpha value is -2.34. The fraction of sp³-hybridized carbons (Fsp3) is 0.312. The first-order valence-corrected chi connectivity index (χ1v) is 7.06. The van der Waals surface area contributed by atoms with E-state index in [2.05, 4.69) is 0 Å². The van der Waals surface area contributed by atoms with E-state index in [1.807, 2.05) is 0 Å². The van der Waals surface area contributed by atoms with Gasteiger partial charge in [-0.3, -0.25) is 4.79 Å². The zero-order valence-electron chi connectivity index (χ0n) is 12.0. The van der Waals surface area contributed by atoms with Gasteiger partial charge in [0.05, 0.1) is 13.2 Å². The molecule has 2 aromatic rings. The van der Waals surface area contributed by atoms with Crippen LogP contribution in [0.15, 0.2) is 40.8 Å². The van der Waals surface area contributed by atoms with E-state index in [9.17, 15) is 9.18 Å². The first-order valence-electron chi connectivity index (χ1n) is 7.06. The van der Waals surface area contributed by atoms with Crippen molar-refractivity contribution in [1.29, 1.82) is 0 Å². The molecule has 1 aromatic heterocycles. The average Bonchev–Trinajstić information content (AvgIpc) is 3.03. The highest BCUT2D eigenvalue weighted by atomic mass is 19.1. The topological polar surface area (TPSA) is 51.9 Å². The molecule has 0 atom stereocenters. The van der Waals surface area contributed by atoms with Gasteiger partial charge in [-0.2, -0.15) is 0 Å². The summed E-state index contributed by atoms with van der Waals surface area (Å²) in [7, 11) is 0. The van der Waals surface area contributed by atoms with Gasteiger partial charge < -0.3 is 18.8 Å². The lowest BCUT2D eigenvalue weighted by atomic mass is 10.3. The van der Waals surface area contributed by atoms with Crippen LogP contribution in [-0.2, 0) is 11.3 Å². The number of nitrogens with zero attached hydrogens (tertiary/aromatic N) is 1. The first kappa shape index (κ1) is 14.6. The van der Waals surface area contributed by atoms with Crippen LogP contribution < -0.4 is 4.74 Å². The predicted molar refractivity (Wildman–Crippen MR) is 76.2 cm³/mol. The van der Waals surface area contributed by atoms with Crippen molar-refractivity contribution in [1.82, 2.24) is 4.90 Å². The van der Waals surface area contributed by atoms with Gasteiger partial charge in [0, 0.05) is 13.1 Å². The first-order chi connectivity index (χ1) is 10.7. The number of amides is 1. The maximum Gasteiger partial charge on any atom is 0.289 e. The smallest absolute Gasteiger partial charge is 0.289 e. The minimum Gasteiger partial charge on any atom is -0.486 e. The Morgan fingerprint density at radius 3 is 2.59 bits per heavy atom. The van der Waals surface area contributed by atoms with Gasteiger partial charge in [0.15, 0.2) is 5.76 Å². The minimum absolute atomic E-state index is 0.142. The van der Waals surface area contributed by atoms with Crippen LogP contribution in [0.4, 0.5) is 4.39 Å². The summed E-state index contributed by atoms with van der Waals surface area (Å²) in [5, 5.41) is 0. The molecule has 1 aromatic carbocycles. The molecule has 0 N–H and O–H groups in total. The van der Waals surface area contributed by atoms with Crippen LogP contribution in [0.25, 0.3) is 0 Å². The van der Waals surface area contributed by atoms with Crippen molar-refractivity contribution in [2.75, 3.05) is 26.3 Å². The number of morpholine rings is 1. The average molecular weight is 305 g/mol. The Kier molecular flexibility index (Phi) is 4.39. The largest absolute Gasteiger partial charge is 0.486 e. The van der Waals surface area contributed by atoms with Crippen LogP contribution >= 0.6 is 0 Å². The van der Waals surface area contributed by atoms with Gasteiger partial charge in [0.1, 0.15) is 23.9 Å². The lowest BCUT2D eigenvalue weighted by Crippen LogP contribution is -2.40. The number of furan rings is 1. The molecule has 22 heavy (non-hydrogen) atoms. The number of halogens is 1. The molecule has 0 saturated carbocycles. The van der Waals surface area contributed by atoms with Crippen LogP contribution in [-0.4, -0.2) is 37.1 Å². The third-order valence-corrected chi connectivity index (χ3v) is 3.37. The second-order valence-electron chi connectivity index (χ2n) is 4.91.